The van der Waals surface area contributed by atoms with Crippen molar-refractivity contribution in [1.29, 1.82) is 0 Å². The van der Waals surface area contributed by atoms with Crippen LogP contribution in [-0.2, 0) is 9.59 Å². The molecule has 23 heavy (non-hydrogen) atoms. The third-order valence-electron chi connectivity index (χ3n) is 6.69. The number of carboxylic acids is 1. The molecule has 0 spiro atoms. The summed E-state index contributed by atoms with van der Waals surface area (Å²) in [5, 5.41) is 9.79. The second kappa shape index (κ2) is 6.62. The summed E-state index contributed by atoms with van der Waals surface area (Å²) in [5.41, 5.74) is 1.89. The molecule has 0 unspecified atom stereocenters. The Kier molecular flexibility index (Phi) is 5.17. The van der Waals surface area contributed by atoms with Crippen molar-refractivity contribution in [2.45, 2.75) is 66.2 Å². The lowest BCUT2D eigenvalue weighted by atomic mass is 9.51. The van der Waals surface area contributed by atoms with Gasteiger partial charge in [0.1, 0.15) is 6.29 Å². The molecule has 2 aliphatic rings. The maximum atomic E-state index is 11.9. The Hall–Kier alpha value is -1.38. The van der Waals surface area contributed by atoms with Crippen molar-refractivity contribution in [2.24, 2.45) is 22.7 Å². The van der Waals surface area contributed by atoms with Gasteiger partial charge in [0.2, 0.25) is 0 Å². The van der Waals surface area contributed by atoms with Gasteiger partial charge in [0.05, 0.1) is 5.41 Å². The predicted molar refractivity (Wildman–Crippen MR) is 92.1 cm³/mol. The first kappa shape index (κ1) is 18.0. The van der Waals surface area contributed by atoms with Gasteiger partial charge in [-0.2, -0.15) is 0 Å². The molecule has 3 nitrogen and oxygen atoms in total. The van der Waals surface area contributed by atoms with Crippen LogP contribution in [-0.4, -0.2) is 17.4 Å². The van der Waals surface area contributed by atoms with Gasteiger partial charge in [0.25, 0.3) is 0 Å². The molecule has 0 saturated heterocycles. The number of aliphatic carboxylic acids is 1. The predicted octanol–water partition coefficient (Wildman–Crippen LogP) is 4.78. The van der Waals surface area contributed by atoms with Crippen molar-refractivity contribution >= 4 is 12.3 Å². The van der Waals surface area contributed by atoms with Gasteiger partial charge >= 0.3 is 5.97 Å². The molecule has 1 N–H and O–H groups in total. The zero-order valence-electron chi connectivity index (χ0n) is 14.9. The fraction of sp³-hybridized carbons (Fsp3) is 0.700. The van der Waals surface area contributed by atoms with Crippen molar-refractivity contribution in [2.75, 3.05) is 0 Å². The summed E-state index contributed by atoms with van der Waals surface area (Å²) in [6.45, 7) is 8.53. The van der Waals surface area contributed by atoms with E-state index < -0.39 is 11.4 Å². The summed E-state index contributed by atoms with van der Waals surface area (Å²) in [5.74, 6) is 0.0533. The second-order valence-electron chi connectivity index (χ2n) is 8.02. The van der Waals surface area contributed by atoms with Crippen molar-refractivity contribution in [1.82, 2.24) is 0 Å². The fourth-order valence-electron chi connectivity index (χ4n) is 4.62. The smallest absolute Gasteiger partial charge is 0.309 e. The van der Waals surface area contributed by atoms with Crippen molar-refractivity contribution in [3.8, 4) is 0 Å². The lowest BCUT2D eigenvalue weighted by molar-refractivity contribution is -0.152. The first-order valence-corrected chi connectivity index (χ1v) is 8.80. The Balaban J connectivity index is 2.31. The second-order valence-corrected chi connectivity index (χ2v) is 8.02. The van der Waals surface area contributed by atoms with E-state index in [1.165, 1.54) is 5.57 Å². The summed E-state index contributed by atoms with van der Waals surface area (Å²) in [6.07, 6.45) is 10.4. The van der Waals surface area contributed by atoms with Gasteiger partial charge in [0, 0.05) is 0 Å². The van der Waals surface area contributed by atoms with Crippen LogP contribution in [0.3, 0.4) is 0 Å². The van der Waals surface area contributed by atoms with E-state index in [1.54, 1.807) is 6.08 Å². The molecule has 3 heteroatoms. The standard InChI is InChI=1S/C20H30O3/c1-14(10-13-21)9-12-19(3)15(2)7-8-17-16(19)6-5-11-20(17,4)18(22)23/h6,10,13,15,17H,5,7-9,11-12H2,1-4H3,(H,22,23)/b14-10-/t15-,17-,19+,20+/m1/s1. The normalized spacial score (nSPS) is 37.7. The van der Waals surface area contributed by atoms with E-state index in [0.29, 0.717) is 5.92 Å². The summed E-state index contributed by atoms with van der Waals surface area (Å²) >= 11 is 0. The highest BCUT2D eigenvalue weighted by Gasteiger charge is 2.52. The van der Waals surface area contributed by atoms with E-state index in [4.69, 9.17) is 0 Å². The minimum Gasteiger partial charge on any atom is -0.481 e. The first-order valence-electron chi connectivity index (χ1n) is 8.80. The Morgan fingerprint density at radius 3 is 2.70 bits per heavy atom. The Morgan fingerprint density at radius 2 is 2.09 bits per heavy atom. The minimum atomic E-state index is -0.651. The Morgan fingerprint density at radius 1 is 1.39 bits per heavy atom. The maximum absolute atomic E-state index is 11.9. The van der Waals surface area contributed by atoms with Crippen LogP contribution in [0, 0.1) is 22.7 Å². The van der Waals surface area contributed by atoms with Gasteiger partial charge < -0.3 is 5.11 Å². The number of hydrogen-bond acceptors (Lipinski definition) is 2. The lowest BCUT2D eigenvalue weighted by Crippen LogP contribution is -2.47. The fourth-order valence-corrected chi connectivity index (χ4v) is 4.62. The largest absolute Gasteiger partial charge is 0.481 e. The van der Waals surface area contributed by atoms with Crippen LogP contribution in [0.1, 0.15) is 66.2 Å². The van der Waals surface area contributed by atoms with Crippen molar-refractivity contribution < 1.29 is 14.7 Å². The van der Waals surface area contributed by atoms with E-state index in [2.05, 4.69) is 19.9 Å². The molecule has 0 aliphatic heterocycles. The van der Waals surface area contributed by atoms with E-state index in [0.717, 1.165) is 50.4 Å². The van der Waals surface area contributed by atoms with Gasteiger partial charge in [-0.25, -0.2) is 0 Å². The summed E-state index contributed by atoms with van der Waals surface area (Å²) in [4.78, 5) is 22.5. The molecular weight excluding hydrogens is 288 g/mol. The molecule has 128 valence electrons. The summed E-state index contributed by atoms with van der Waals surface area (Å²) in [6, 6.07) is 0. The highest BCUT2D eigenvalue weighted by atomic mass is 16.4. The molecule has 2 aliphatic carbocycles. The van der Waals surface area contributed by atoms with Gasteiger partial charge in [-0.1, -0.05) is 31.1 Å². The quantitative estimate of drug-likeness (QED) is 0.451. The highest BCUT2D eigenvalue weighted by Crippen LogP contribution is 2.58. The van der Waals surface area contributed by atoms with E-state index >= 15 is 0 Å². The maximum Gasteiger partial charge on any atom is 0.309 e. The zero-order chi connectivity index (χ0) is 17.3. The first-order chi connectivity index (χ1) is 10.8. The van der Waals surface area contributed by atoms with Crippen LogP contribution in [0.15, 0.2) is 23.3 Å². The number of hydrogen-bond donors (Lipinski definition) is 1. The highest BCUT2D eigenvalue weighted by molar-refractivity contribution is 5.75. The molecule has 0 amide bonds. The average molecular weight is 318 g/mol. The molecule has 1 saturated carbocycles. The van der Waals surface area contributed by atoms with Crippen LogP contribution in [0.2, 0.25) is 0 Å². The monoisotopic (exact) mass is 318 g/mol. The zero-order valence-corrected chi connectivity index (χ0v) is 14.9. The molecular formula is C20H30O3. The van der Waals surface area contributed by atoms with Crippen LogP contribution >= 0.6 is 0 Å². The molecule has 0 bridgehead atoms. The van der Waals surface area contributed by atoms with E-state index in [9.17, 15) is 14.7 Å². The molecule has 0 heterocycles. The molecule has 0 aromatic rings. The number of aldehydes is 1. The van der Waals surface area contributed by atoms with Crippen molar-refractivity contribution in [3.05, 3.63) is 23.3 Å². The number of allylic oxidation sites excluding steroid dienone is 4. The van der Waals surface area contributed by atoms with Gasteiger partial charge in [-0.05, 0) is 75.7 Å². The Labute approximate surface area is 139 Å². The van der Waals surface area contributed by atoms with Gasteiger partial charge in [-0.15, -0.1) is 0 Å². The van der Waals surface area contributed by atoms with E-state index in [1.807, 2.05) is 13.8 Å². The molecule has 0 radical (unpaired) electrons. The number of carbonyl (C=O) groups excluding carboxylic acids is 1. The van der Waals surface area contributed by atoms with Crippen LogP contribution in [0.25, 0.3) is 0 Å². The molecule has 2 rings (SSSR count). The third kappa shape index (κ3) is 3.15. The number of rotatable bonds is 5. The number of fused-ring (bicyclic) bond motifs is 1. The number of carbonyl (C=O) groups is 2. The van der Waals surface area contributed by atoms with E-state index in [-0.39, 0.29) is 11.3 Å². The average Bonchev–Trinajstić information content (AvgIpc) is 2.50. The third-order valence-corrected chi connectivity index (χ3v) is 6.69. The topological polar surface area (TPSA) is 54.4 Å². The Bertz CT molecular complexity index is 545. The van der Waals surface area contributed by atoms with Gasteiger partial charge in [0.15, 0.2) is 0 Å². The summed E-state index contributed by atoms with van der Waals surface area (Å²) < 4.78 is 0. The van der Waals surface area contributed by atoms with Crippen LogP contribution in [0.4, 0.5) is 0 Å². The summed E-state index contributed by atoms with van der Waals surface area (Å²) in [7, 11) is 0. The molecule has 1 fully saturated rings. The molecule has 4 atom stereocenters. The minimum absolute atomic E-state index is 0.0397. The lowest BCUT2D eigenvalue weighted by Gasteiger charge is -2.52. The van der Waals surface area contributed by atoms with Crippen molar-refractivity contribution in [3.63, 3.8) is 0 Å². The molecule has 0 aromatic heterocycles. The number of carboxylic acid groups (broad SMARTS) is 1. The SMILES string of the molecule is C/C(=C/C=O)CC[C@]1(C)C2=CCC[C@](C)(C(=O)O)[C@@H]2CC[C@H]1C. The van der Waals surface area contributed by atoms with Crippen LogP contribution in [0.5, 0.6) is 0 Å². The van der Waals surface area contributed by atoms with Gasteiger partial charge in [-0.3, -0.25) is 9.59 Å². The molecule has 0 aromatic carbocycles. The van der Waals surface area contributed by atoms with Crippen LogP contribution < -0.4 is 0 Å².